The highest BCUT2D eigenvalue weighted by Crippen LogP contribution is 2.29. The zero-order chi connectivity index (χ0) is 25.5. The van der Waals surface area contributed by atoms with Gasteiger partial charge in [0, 0.05) is 12.2 Å². The average molecular weight is 482 g/mol. The monoisotopic (exact) mass is 481 g/mol. The number of ether oxygens (including phenoxy) is 2. The van der Waals surface area contributed by atoms with Gasteiger partial charge in [-0.1, -0.05) is 13.8 Å². The van der Waals surface area contributed by atoms with E-state index in [1.165, 1.54) is 12.0 Å². The Balaban J connectivity index is 1.75. The fraction of sp³-hybridized carbons (Fsp3) is 0.385. The largest absolute Gasteiger partial charge is 0.497 e. The van der Waals surface area contributed by atoms with Crippen LogP contribution in [0.15, 0.2) is 48.5 Å². The van der Waals surface area contributed by atoms with E-state index in [-0.39, 0.29) is 13.0 Å². The first-order valence-electron chi connectivity index (χ1n) is 11.6. The number of nitrogens with one attached hydrogen (secondary N) is 1. The molecule has 0 aromatic heterocycles. The number of carbonyl (C=O) groups excluding carboxylic acids is 4. The smallest absolute Gasteiger partial charge is 0.338 e. The fourth-order valence-corrected chi connectivity index (χ4v) is 3.75. The van der Waals surface area contributed by atoms with Gasteiger partial charge in [0.15, 0.2) is 0 Å². The van der Waals surface area contributed by atoms with Crippen molar-refractivity contribution < 1.29 is 28.7 Å². The van der Waals surface area contributed by atoms with Crippen LogP contribution in [0.4, 0.5) is 16.2 Å². The quantitative estimate of drug-likeness (QED) is 0.405. The maximum absolute atomic E-state index is 13.3. The van der Waals surface area contributed by atoms with E-state index in [0.29, 0.717) is 41.6 Å². The molecule has 0 unspecified atom stereocenters. The molecule has 9 heteroatoms. The van der Waals surface area contributed by atoms with Crippen molar-refractivity contribution in [2.75, 3.05) is 30.5 Å². The second-order valence-electron chi connectivity index (χ2n) is 8.60. The van der Waals surface area contributed by atoms with Crippen molar-refractivity contribution in [3.63, 3.8) is 0 Å². The van der Waals surface area contributed by atoms with Gasteiger partial charge < -0.3 is 19.7 Å². The molecule has 2 aromatic carbocycles. The number of amides is 4. The second-order valence-corrected chi connectivity index (χ2v) is 8.60. The van der Waals surface area contributed by atoms with Crippen LogP contribution in [0.25, 0.3) is 0 Å². The number of hydrogen-bond donors (Lipinski definition) is 1. The summed E-state index contributed by atoms with van der Waals surface area (Å²) in [4.78, 5) is 53.7. The van der Waals surface area contributed by atoms with Gasteiger partial charge in [0.2, 0.25) is 5.91 Å². The SMILES string of the molecule is CCOC(=O)c1ccc(NC(=O)C[C@@H]2C(=O)N(c3ccc(OC)cc3)C(=O)N2CCC(C)C)cc1. The van der Waals surface area contributed by atoms with Crippen LogP contribution in [0.5, 0.6) is 5.75 Å². The molecule has 0 bridgehead atoms. The van der Waals surface area contributed by atoms with Gasteiger partial charge in [0.1, 0.15) is 11.8 Å². The van der Waals surface area contributed by atoms with Crippen molar-refractivity contribution in [3.8, 4) is 5.75 Å². The van der Waals surface area contributed by atoms with Crippen LogP contribution in [-0.2, 0) is 14.3 Å². The van der Waals surface area contributed by atoms with Crippen LogP contribution in [0, 0.1) is 5.92 Å². The van der Waals surface area contributed by atoms with Gasteiger partial charge in [-0.3, -0.25) is 9.59 Å². The summed E-state index contributed by atoms with van der Waals surface area (Å²) in [6.07, 6.45) is 0.512. The summed E-state index contributed by atoms with van der Waals surface area (Å²) in [5.74, 6) is -0.377. The molecule has 186 valence electrons. The van der Waals surface area contributed by atoms with Crippen molar-refractivity contribution in [2.24, 2.45) is 5.92 Å². The molecule has 0 radical (unpaired) electrons. The first-order chi connectivity index (χ1) is 16.7. The molecule has 0 aliphatic carbocycles. The first kappa shape index (κ1) is 25.7. The van der Waals surface area contributed by atoms with E-state index in [2.05, 4.69) is 5.32 Å². The number of esters is 1. The van der Waals surface area contributed by atoms with E-state index in [4.69, 9.17) is 9.47 Å². The highest BCUT2D eigenvalue weighted by Gasteiger charge is 2.46. The number of rotatable bonds is 10. The standard InChI is InChI=1S/C26H31N3O6/c1-5-35-25(32)18-6-8-19(9-7-18)27-23(30)16-22-24(31)29(20-10-12-21(34-4)13-11-20)26(33)28(22)15-14-17(2)3/h6-13,17,22H,5,14-16H2,1-4H3,(H,27,30)/t22-/m1/s1. The number of carbonyl (C=O) groups is 4. The molecule has 1 N–H and O–H groups in total. The summed E-state index contributed by atoms with van der Waals surface area (Å²) in [5.41, 5.74) is 1.27. The molecule has 1 fully saturated rings. The summed E-state index contributed by atoms with van der Waals surface area (Å²) in [6, 6.07) is 11.6. The number of anilines is 2. The van der Waals surface area contributed by atoms with Crippen LogP contribution in [0.2, 0.25) is 0 Å². The van der Waals surface area contributed by atoms with Crippen LogP contribution < -0.4 is 15.0 Å². The molecule has 2 aromatic rings. The molecule has 35 heavy (non-hydrogen) atoms. The van der Waals surface area contributed by atoms with Gasteiger partial charge >= 0.3 is 12.0 Å². The minimum absolute atomic E-state index is 0.186. The molecule has 1 aliphatic rings. The first-order valence-corrected chi connectivity index (χ1v) is 11.6. The Morgan fingerprint density at radius 2 is 1.69 bits per heavy atom. The predicted octanol–water partition coefficient (Wildman–Crippen LogP) is 4.08. The Kier molecular flexibility index (Phi) is 8.46. The minimum atomic E-state index is -0.915. The van der Waals surface area contributed by atoms with E-state index >= 15 is 0 Å². The van der Waals surface area contributed by atoms with Crippen molar-refractivity contribution in [3.05, 3.63) is 54.1 Å². The maximum Gasteiger partial charge on any atom is 0.338 e. The third-order valence-electron chi connectivity index (χ3n) is 5.66. The molecule has 1 saturated heterocycles. The summed E-state index contributed by atoms with van der Waals surface area (Å²) in [6.45, 7) is 6.42. The number of imide groups is 1. The number of methoxy groups -OCH3 is 1. The zero-order valence-electron chi connectivity index (χ0n) is 20.4. The second kappa shape index (κ2) is 11.5. The van der Waals surface area contributed by atoms with Gasteiger partial charge in [-0.05, 0) is 67.8 Å². The molecule has 0 spiro atoms. The summed E-state index contributed by atoms with van der Waals surface area (Å²) >= 11 is 0. The Morgan fingerprint density at radius 3 is 2.26 bits per heavy atom. The molecule has 1 atom stereocenters. The Bertz CT molecular complexity index is 1070. The maximum atomic E-state index is 13.3. The Hall–Kier alpha value is -3.88. The van der Waals surface area contributed by atoms with E-state index in [0.717, 1.165) is 4.90 Å². The van der Waals surface area contributed by atoms with Crippen molar-refractivity contribution >= 4 is 35.2 Å². The predicted molar refractivity (Wildman–Crippen MR) is 131 cm³/mol. The highest BCUT2D eigenvalue weighted by molar-refractivity contribution is 6.22. The summed E-state index contributed by atoms with van der Waals surface area (Å²) in [7, 11) is 1.54. The lowest BCUT2D eigenvalue weighted by Gasteiger charge is -2.22. The highest BCUT2D eigenvalue weighted by atomic mass is 16.5. The molecule has 1 aliphatic heterocycles. The molecular formula is C26H31N3O6. The molecule has 3 rings (SSSR count). The number of hydrogen-bond acceptors (Lipinski definition) is 6. The van der Waals surface area contributed by atoms with Crippen molar-refractivity contribution in [1.82, 2.24) is 4.90 Å². The molecule has 0 saturated carbocycles. The Morgan fingerprint density at radius 1 is 1.03 bits per heavy atom. The number of urea groups is 1. The van der Waals surface area contributed by atoms with E-state index in [1.54, 1.807) is 55.5 Å². The van der Waals surface area contributed by atoms with Crippen molar-refractivity contribution in [1.29, 1.82) is 0 Å². The van der Waals surface area contributed by atoms with E-state index in [9.17, 15) is 19.2 Å². The van der Waals surface area contributed by atoms with Gasteiger partial charge in [-0.2, -0.15) is 0 Å². The van der Waals surface area contributed by atoms with Crippen molar-refractivity contribution in [2.45, 2.75) is 39.7 Å². The van der Waals surface area contributed by atoms with Gasteiger partial charge in [0.05, 0.1) is 31.4 Å². The molecular weight excluding hydrogens is 450 g/mol. The van der Waals surface area contributed by atoms with Crippen LogP contribution in [0.1, 0.15) is 44.0 Å². The minimum Gasteiger partial charge on any atom is -0.497 e. The normalized spacial score (nSPS) is 15.5. The zero-order valence-corrected chi connectivity index (χ0v) is 20.4. The van der Waals surface area contributed by atoms with Gasteiger partial charge in [-0.15, -0.1) is 0 Å². The fourth-order valence-electron chi connectivity index (χ4n) is 3.75. The third kappa shape index (κ3) is 6.17. The number of benzene rings is 2. The van der Waals surface area contributed by atoms with Crippen LogP contribution >= 0.6 is 0 Å². The van der Waals surface area contributed by atoms with Crippen LogP contribution in [-0.4, -0.2) is 55.0 Å². The molecule has 1 heterocycles. The van der Waals surface area contributed by atoms with E-state index < -0.39 is 29.9 Å². The molecule has 9 nitrogen and oxygen atoms in total. The lowest BCUT2D eigenvalue weighted by molar-refractivity contribution is -0.124. The van der Waals surface area contributed by atoms with Crippen LogP contribution in [0.3, 0.4) is 0 Å². The Labute approximate surface area is 205 Å². The summed E-state index contributed by atoms with van der Waals surface area (Å²) in [5, 5.41) is 2.74. The number of nitrogens with zero attached hydrogens (tertiary/aromatic N) is 2. The summed E-state index contributed by atoms with van der Waals surface area (Å²) < 4.78 is 10.1. The molecule has 4 amide bonds. The van der Waals surface area contributed by atoms with Gasteiger partial charge in [-0.25, -0.2) is 14.5 Å². The topological polar surface area (TPSA) is 105 Å². The van der Waals surface area contributed by atoms with Gasteiger partial charge in [0.25, 0.3) is 5.91 Å². The lowest BCUT2D eigenvalue weighted by atomic mass is 10.1. The lowest BCUT2D eigenvalue weighted by Crippen LogP contribution is -2.39. The average Bonchev–Trinajstić information content (AvgIpc) is 3.06. The van der Waals surface area contributed by atoms with E-state index in [1.807, 2.05) is 13.8 Å². The third-order valence-corrected chi connectivity index (χ3v) is 5.66.